The second kappa shape index (κ2) is 20.3. The number of hydrogen-bond donors (Lipinski definition) is 7. The number of unbranched alkanes of at least 4 members (excludes halogenated alkanes) is 13. The van der Waals surface area contributed by atoms with Crippen molar-refractivity contribution in [2.75, 3.05) is 13.1 Å². The zero-order chi connectivity index (χ0) is 32.8. The van der Waals surface area contributed by atoms with Crippen LogP contribution in [0, 0.1) is 0 Å². The average molecular weight is 591 g/mol. The number of hydrogen-bond acceptors (Lipinski definition) is 11. The van der Waals surface area contributed by atoms with E-state index in [1.54, 1.807) is 0 Å². The number of ether oxygens (including phenoxy) is 1. The van der Waals surface area contributed by atoms with Crippen molar-refractivity contribution in [2.45, 2.75) is 146 Å². The third kappa shape index (κ3) is 15.2. The molecule has 1 aliphatic carbocycles. The van der Waals surface area contributed by atoms with Crippen molar-refractivity contribution < 1.29 is 64.2 Å². The van der Waals surface area contributed by atoms with E-state index in [0.29, 0.717) is 12.8 Å². The molecule has 13 heteroatoms. The number of esters is 1. The fourth-order valence-electron chi connectivity index (χ4n) is 4.27. The Hall–Kier alpha value is -0.660. The van der Waals surface area contributed by atoms with Gasteiger partial charge in [-0.15, -0.1) is 0 Å². The van der Waals surface area contributed by atoms with Gasteiger partial charge in [-0.25, -0.2) is 4.57 Å². The van der Waals surface area contributed by atoms with Crippen molar-refractivity contribution in [3.63, 3.8) is 0 Å². The van der Waals surface area contributed by atoms with Crippen LogP contribution in [-0.4, -0.2) is 97.3 Å². The van der Waals surface area contributed by atoms with Crippen LogP contribution < -0.4 is 0 Å². The molecule has 0 aromatic rings. The van der Waals surface area contributed by atoms with Gasteiger partial charge in [-0.05, 0) is 6.42 Å². The van der Waals surface area contributed by atoms with Gasteiger partial charge in [0.15, 0.2) is 0 Å². The predicted molar refractivity (Wildman–Crippen MR) is 143 cm³/mol. The quantitative estimate of drug-likeness (QED) is 0.0550. The van der Waals surface area contributed by atoms with Crippen molar-refractivity contribution in [3.8, 4) is 0 Å². The van der Waals surface area contributed by atoms with E-state index >= 15 is 0 Å². The highest BCUT2D eigenvalue weighted by Crippen LogP contribution is 2.47. The number of carbonyl (C=O) groups excluding carboxylic acids is 1. The fraction of sp³-hybridized carbons (Fsp3) is 0.962. The van der Waals surface area contributed by atoms with Gasteiger partial charge in [0.05, 0.1) is 12.0 Å². The Morgan fingerprint density at radius 1 is 0.744 bits per heavy atom. The molecule has 6 unspecified atom stereocenters. The molecule has 1 aliphatic rings. The van der Waals surface area contributed by atoms with Gasteiger partial charge in [0.25, 0.3) is 0 Å². The van der Waals surface area contributed by atoms with Gasteiger partial charge in [0.1, 0.15) is 49.3 Å². The molecule has 0 bridgehead atoms. The van der Waals surface area contributed by atoms with Crippen LogP contribution in [-0.2, 0) is 23.1 Å². The van der Waals surface area contributed by atoms with Gasteiger partial charge in [-0.2, -0.15) is 0 Å². The van der Waals surface area contributed by atoms with Crippen molar-refractivity contribution in [1.82, 2.24) is 0 Å². The summed E-state index contributed by atoms with van der Waals surface area (Å²) in [6.45, 7) is -4.92. The van der Waals surface area contributed by atoms with Gasteiger partial charge in [-0.3, -0.25) is 13.8 Å². The highest BCUT2D eigenvalue weighted by Gasteiger charge is 2.51. The lowest BCUT2D eigenvalue weighted by atomic mass is 9.85. The van der Waals surface area contributed by atoms with E-state index < -0.39 is 69.6 Å². The zero-order valence-electron chi connectivity index (χ0n) is 26.8. The first-order chi connectivity index (χ1) is 20.0. The molecule has 7 N–H and O–H groups in total. The van der Waals surface area contributed by atoms with Crippen LogP contribution in [0.25, 0.3) is 0 Å². The smallest absolute Gasteiger partial charge is 0.463 e. The number of phosphoric acid groups is 1. The lowest BCUT2D eigenvalue weighted by molar-refractivity contribution is -0.220. The summed E-state index contributed by atoms with van der Waals surface area (Å²) in [6.07, 6.45) is -0.800. The first-order valence-corrected chi connectivity index (χ1v) is 15.5. The number of carbonyl (C=O) groups is 1. The Morgan fingerprint density at radius 2 is 1.15 bits per heavy atom. The van der Waals surface area contributed by atoms with Crippen LogP contribution in [0.15, 0.2) is 0 Å². The Morgan fingerprint density at radius 3 is 1.62 bits per heavy atom. The van der Waals surface area contributed by atoms with Crippen LogP contribution in [0.1, 0.15) is 109 Å². The molecule has 232 valence electrons. The lowest BCUT2D eigenvalue weighted by Gasteiger charge is -2.41. The van der Waals surface area contributed by atoms with Gasteiger partial charge in [0, 0.05) is 6.42 Å². The largest absolute Gasteiger partial charge is 0.472 e. The van der Waals surface area contributed by atoms with Gasteiger partial charge < -0.3 is 40.3 Å². The topological polar surface area (TPSA) is 203 Å². The minimum absolute atomic E-state index is 0.205. The molecule has 1 saturated carbocycles. The molecule has 0 aromatic carbocycles. The molecule has 0 aromatic heterocycles. The number of phosphoric ester groups is 1. The van der Waals surface area contributed by atoms with Gasteiger partial charge in [0.2, 0.25) is 0 Å². The summed E-state index contributed by atoms with van der Waals surface area (Å²) in [5, 5.41) is 59.1. The number of aliphatic hydroxyl groups excluding tert-OH is 6. The molecule has 1 rings (SSSR count). The monoisotopic (exact) mass is 590 g/mol. The Labute approximate surface area is 237 Å². The van der Waals surface area contributed by atoms with Crippen LogP contribution in [0.4, 0.5) is 0 Å². The Kier molecular flexibility index (Phi) is 15.5. The lowest BCUT2D eigenvalue weighted by Crippen LogP contribution is -2.64. The predicted octanol–water partition coefficient (Wildman–Crippen LogP) is 2.08. The molecule has 0 aliphatic heterocycles. The molecular weight excluding hydrogens is 535 g/mol. The van der Waals surface area contributed by atoms with Crippen LogP contribution in [0.2, 0.25) is 0 Å². The number of aliphatic hydroxyl groups is 6. The summed E-state index contributed by atoms with van der Waals surface area (Å²) < 4.78 is 56.7. The summed E-state index contributed by atoms with van der Waals surface area (Å²) in [7, 11) is -5.70. The van der Waals surface area contributed by atoms with Crippen LogP contribution in [0.3, 0.4) is 0 Å². The minimum Gasteiger partial charge on any atom is -0.463 e. The van der Waals surface area contributed by atoms with Gasteiger partial charge >= 0.3 is 13.8 Å². The maximum atomic E-state index is 12.4. The van der Waals surface area contributed by atoms with Crippen LogP contribution in [0.5, 0.6) is 0 Å². The molecule has 8 atom stereocenters. The summed E-state index contributed by atoms with van der Waals surface area (Å²) in [4.78, 5) is 22.1. The summed E-state index contributed by atoms with van der Waals surface area (Å²) >= 11 is 0. The minimum atomic E-state index is -5.70. The van der Waals surface area contributed by atoms with E-state index in [-0.39, 0.29) is 6.42 Å². The second-order valence-electron chi connectivity index (χ2n) is 10.0. The highest BCUT2D eigenvalue weighted by molar-refractivity contribution is 7.47. The third-order valence-electron chi connectivity index (χ3n) is 6.63. The Bertz CT molecular complexity index is 839. The van der Waals surface area contributed by atoms with Gasteiger partial charge in [-0.1, -0.05) is 90.4 Å². The molecule has 12 nitrogen and oxygen atoms in total. The summed E-state index contributed by atoms with van der Waals surface area (Å²) in [5.74, 6) is -1.07. The van der Waals surface area contributed by atoms with E-state index in [1.165, 1.54) is 51.4 Å². The maximum Gasteiger partial charge on any atom is 0.472 e. The fourth-order valence-corrected chi connectivity index (χ4v) is 5.11. The molecule has 0 spiro atoms. The molecule has 1 fully saturated rings. The van der Waals surface area contributed by atoms with E-state index in [4.69, 9.17) is 5.48 Å². The van der Waals surface area contributed by atoms with Crippen LogP contribution >= 0.6 is 7.82 Å². The molecule has 39 heavy (non-hydrogen) atoms. The second-order valence-corrected chi connectivity index (χ2v) is 11.4. The standard InChI is InChI=1S/C26H51O12P/c1-2-3-4-5-6-7-8-9-10-11-12-13-14-15-16-20(28)36-17-19(27)18-37-39(34,35)38-26-24(32)22(30)21(29)23(31)25(26)33/h19,21-27,29-33H,2-18H2,1H3,(H,34,35)/t19-,21?,22-,23?,24?,25?,26?/m1/s1/i17D2,18D2. The highest BCUT2D eigenvalue weighted by atomic mass is 31.2. The molecular formula is C26H51O12P. The normalized spacial score (nSPS) is 29.9. The van der Waals surface area contributed by atoms with E-state index in [0.717, 1.165) is 25.7 Å². The average Bonchev–Trinajstić information content (AvgIpc) is 2.92. The molecule has 0 radical (unpaired) electrons. The van der Waals surface area contributed by atoms with E-state index in [9.17, 15) is 44.9 Å². The van der Waals surface area contributed by atoms with Crippen molar-refractivity contribution in [3.05, 3.63) is 0 Å². The molecule has 0 heterocycles. The maximum absolute atomic E-state index is 12.4. The third-order valence-corrected chi connectivity index (χ3v) is 7.47. The molecule has 0 saturated heterocycles. The first-order valence-electron chi connectivity index (χ1n) is 16.0. The first kappa shape index (κ1) is 29.8. The Balaban J connectivity index is 2.41. The zero-order valence-corrected chi connectivity index (χ0v) is 23.7. The summed E-state index contributed by atoms with van der Waals surface area (Å²) in [5.41, 5.74) is 0. The van der Waals surface area contributed by atoms with E-state index in [2.05, 4.69) is 20.7 Å². The van der Waals surface area contributed by atoms with Crippen molar-refractivity contribution in [2.24, 2.45) is 0 Å². The van der Waals surface area contributed by atoms with E-state index in [1.807, 2.05) is 0 Å². The number of rotatable bonds is 22. The summed E-state index contributed by atoms with van der Waals surface area (Å²) in [6, 6.07) is 0. The SMILES string of the molecule is [2H]C([2H])(OC(=O)CCCCCCCCCCCCCCCC)[C@@H](O)C([2H])([2H])OP(=O)(O)OC1C(O)C(O)C(O)[C@@H](O)C1O. The molecule has 0 amide bonds. The van der Waals surface area contributed by atoms with Crippen molar-refractivity contribution >= 4 is 13.8 Å². The van der Waals surface area contributed by atoms with Crippen molar-refractivity contribution in [1.29, 1.82) is 0 Å².